The molecule has 0 fully saturated rings. The maximum atomic E-state index is 14.6. The van der Waals surface area contributed by atoms with Gasteiger partial charge in [-0.2, -0.15) is 10.2 Å². The Hall–Kier alpha value is -4.87. The van der Waals surface area contributed by atoms with Crippen molar-refractivity contribution in [3.63, 3.8) is 0 Å². The van der Waals surface area contributed by atoms with Gasteiger partial charge in [0.1, 0.15) is 29.6 Å². The average Bonchev–Trinajstić information content (AvgIpc) is 3.80. The Balaban J connectivity index is 1.43. The molecule has 8 rings (SSSR count). The van der Waals surface area contributed by atoms with Gasteiger partial charge in [0.25, 0.3) is 0 Å². The molecule has 0 radical (unpaired) electrons. The molecule has 2 aliphatic heterocycles. The van der Waals surface area contributed by atoms with Crippen molar-refractivity contribution in [2.24, 2.45) is 7.05 Å². The van der Waals surface area contributed by atoms with Gasteiger partial charge in [0, 0.05) is 51.8 Å². The summed E-state index contributed by atoms with van der Waals surface area (Å²) in [6.45, 7) is 6.97. The standard InChI is InChI=1S/C34H29FN6O3S/c1-4-30(42)40-17-23-18-43-10-11-44-29-14-22(35)6-7-24(29)31-33(26-15-28(19(40)2)41(23)38-26)37-32(25-9-12-45-34(25)31)20-5-8-27-21(13-20)16-36-39(27)3/h4-9,12-16,19,23H,1,10-11,17-18H2,2-3H3/t19-,23-/m1/s1. The molecule has 0 saturated carbocycles. The molecule has 0 spiro atoms. The number of ether oxygens (including phenoxy) is 2. The molecule has 0 unspecified atom stereocenters. The number of pyridine rings is 1. The second kappa shape index (κ2) is 10.6. The molecule has 6 heterocycles. The molecule has 0 N–H and O–H groups in total. The number of aryl methyl sites for hydroxylation is 1. The van der Waals surface area contributed by atoms with Crippen LogP contribution in [-0.2, 0) is 16.6 Å². The van der Waals surface area contributed by atoms with E-state index >= 15 is 0 Å². The third kappa shape index (κ3) is 4.45. The summed E-state index contributed by atoms with van der Waals surface area (Å²) in [5.41, 5.74) is 6.51. The molecule has 11 heteroatoms. The van der Waals surface area contributed by atoms with E-state index < -0.39 is 0 Å². The van der Waals surface area contributed by atoms with Gasteiger partial charge in [-0.15, -0.1) is 11.3 Å². The van der Waals surface area contributed by atoms with Gasteiger partial charge in [-0.3, -0.25) is 14.2 Å². The molecule has 2 atom stereocenters. The van der Waals surface area contributed by atoms with E-state index in [9.17, 15) is 9.18 Å². The fraction of sp³-hybridized carbons (Fsp3) is 0.235. The number of thiophene rings is 1. The smallest absolute Gasteiger partial charge is 0.246 e. The summed E-state index contributed by atoms with van der Waals surface area (Å²) in [4.78, 5) is 20.1. The maximum absolute atomic E-state index is 14.6. The minimum absolute atomic E-state index is 0.145. The summed E-state index contributed by atoms with van der Waals surface area (Å²) in [6.07, 6.45) is 3.20. The van der Waals surface area contributed by atoms with E-state index in [1.54, 1.807) is 22.3 Å². The van der Waals surface area contributed by atoms with Crippen molar-refractivity contribution in [3.8, 4) is 39.5 Å². The SMILES string of the molecule is C=CC(=O)N1C[C@@H]2COCCOc3cc(F)ccc3-c3c(nc(-c4ccc5c(cnn5C)c4)c4ccsc34)-c3cc(n2n3)[C@H]1C. The van der Waals surface area contributed by atoms with Crippen LogP contribution in [0.5, 0.6) is 5.75 Å². The van der Waals surface area contributed by atoms with Crippen LogP contribution >= 0.6 is 11.3 Å². The first-order valence-electron chi connectivity index (χ1n) is 14.8. The van der Waals surface area contributed by atoms with Gasteiger partial charge in [0.2, 0.25) is 5.91 Å². The summed E-state index contributed by atoms with van der Waals surface area (Å²) < 4.78 is 31.6. The van der Waals surface area contributed by atoms with Gasteiger partial charge >= 0.3 is 0 Å². The number of nitrogens with zero attached hydrogens (tertiary/aromatic N) is 6. The zero-order valence-corrected chi connectivity index (χ0v) is 25.6. The predicted molar refractivity (Wildman–Crippen MR) is 172 cm³/mol. The Morgan fingerprint density at radius 3 is 2.89 bits per heavy atom. The minimum atomic E-state index is -0.390. The van der Waals surface area contributed by atoms with Crippen LogP contribution in [0.25, 0.3) is 54.8 Å². The first-order chi connectivity index (χ1) is 21.9. The van der Waals surface area contributed by atoms with E-state index in [2.05, 4.69) is 35.9 Å². The van der Waals surface area contributed by atoms with E-state index in [0.717, 1.165) is 49.1 Å². The summed E-state index contributed by atoms with van der Waals surface area (Å²) in [6, 6.07) is 14.4. The largest absolute Gasteiger partial charge is 0.490 e. The zero-order chi connectivity index (χ0) is 30.8. The molecule has 45 heavy (non-hydrogen) atoms. The van der Waals surface area contributed by atoms with Crippen LogP contribution in [-0.4, -0.2) is 61.7 Å². The highest BCUT2D eigenvalue weighted by Crippen LogP contribution is 2.47. The van der Waals surface area contributed by atoms with Gasteiger partial charge in [0.15, 0.2) is 0 Å². The Labute approximate surface area is 262 Å². The number of hydrogen-bond acceptors (Lipinski definition) is 7. The maximum Gasteiger partial charge on any atom is 0.246 e. The molecule has 6 aromatic rings. The summed E-state index contributed by atoms with van der Waals surface area (Å²) in [7, 11) is 1.92. The zero-order valence-electron chi connectivity index (χ0n) is 24.7. The van der Waals surface area contributed by atoms with Crippen LogP contribution in [0.15, 0.2) is 72.8 Å². The van der Waals surface area contributed by atoms with Gasteiger partial charge in [-0.25, -0.2) is 9.37 Å². The molecule has 4 aromatic heterocycles. The number of carbonyl (C=O) groups is 1. The van der Waals surface area contributed by atoms with Crippen LogP contribution in [0.3, 0.4) is 0 Å². The van der Waals surface area contributed by atoms with E-state index in [0.29, 0.717) is 30.3 Å². The Morgan fingerprint density at radius 1 is 1.13 bits per heavy atom. The number of benzene rings is 2. The first-order valence-corrected chi connectivity index (χ1v) is 15.7. The molecule has 9 nitrogen and oxygen atoms in total. The monoisotopic (exact) mass is 620 g/mol. The molecule has 0 saturated heterocycles. The van der Waals surface area contributed by atoms with Crippen molar-refractivity contribution in [2.45, 2.75) is 19.0 Å². The van der Waals surface area contributed by atoms with Gasteiger partial charge in [-0.1, -0.05) is 12.6 Å². The molecule has 2 aliphatic rings. The highest BCUT2D eigenvalue weighted by Gasteiger charge is 2.35. The van der Waals surface area contributed by atoms with Crippen molar-refractivity contribution in [1.82, 2.24) is 29.4 Å². The van der Waals surface area contributed by atoms with Crippen molar-refractivity contribution in [3.05, 3.63) is 84.3 Å². The predicted octanol–water partition coefficient (Wildman–Crippen LogP) is 6.56. The van der Waals surface area contributed by atoms with Crippen LogP contribution in [0, 0.1) is 5.82 Å². The van der Waals surface area contributed by atoms with Gasteiger partial charge in [-0.05, 0) is 54.8 Å². The number of carbonyl (C=O) groups excluding carboxylic acids is 1. The number of aromatic nitrogens is 5. The number of hydrogen-bond donors (Lipinski definition) is 0. The fourth-order valence-electron chi connectivity index (χ4n) is 6.52. The molecule has 0 aliphatic carbocycles. The Bertz CT molecular complexity index is 2150. The average molecular weight is 621 g/mol. The molecule has 226 valence electrons. The summed E-state index contributed by atoms with van der Waals surface area (Å²) in [5, 5.41) is 13.6. The third-order valence-electron chi connectivity index (χ3n) is 8.75. The van der Waals surface area contributed by atoms with Crippen molar-refractivity contribution in [2.75, 3.05) is 26.4 Å². The topological polar surface area (TPSA) is 87.3 Å². The molecule has 1 amide bonds. The second-order valence-electron chi connectivity index (χ2n) is 11.4. The molecular formula is C34H29FN6O3S. The lowest BCUT2D eigenvalue weighted by atomic mass is 9.96. The number of amides is 1. The Morgan fingerprint density at radius 2 is 2.02 bits per heavy atom. The lowest BCUT2D eigenvalue weighted by Crippen LogP contribution is -2.44. The molecule has 2 aromatic carbocycles. The fourth-order valence-corrected chi connectivity index (χ4v) is 7.47. The quantitative estimate of drug-likeness (QED) is 0.204. The van der Waals surface area contributed by atoms with Crippen molar-refractivity contribution in [1.29, 1.82) is 0 Å². The van der Waals surface area contributed by atoms with Crippen molar-refractivity contribution < 1.29 is 18.7 Å². The summed E-state index contributed by atoms with van der Waals surface area (Å²) >= 11 is 1.60. The van der Waals surface area contributed by atoms with Gasteiger partial charge < -0.3 is 14.4 Å². The summed E-state index contributed by atoms with van der Waals surface area (Å²) in [5.74, 6) is -0.118. The second-order valence-corrected chi connectivity index (χ2v) is 12.3. The van der Waals surface area contributed by atoms with Crippen LogP contribution in [0.4, 0.5) is 4.39 Å². The third-order valence-corrected chi connectivity index (χ3v) is 9.68. The van der Waals surface area contributed by atoms with E-state index in [1.165, 1.54) is 18.2 Å². The van der Waals surface area contributed by atoms with E-state index in [-0.39, 0.29) is 37.0 Å². The number of rotatable bonds is 2. The van der Waals surface area contributed by atoms with Crippen LogP contribution in [0.1, 0.15) is 24.7 Å². The molecule has 2 bridgehead atoms. The minimum Gasteiger partial charge on any atom is -0.490 e. The van der Waals surface area contributed by atoms with Crippen LogP contribution in [0.2, 0.25) is 0 Å². The van der Waals surface area contributed by atoms with E-state index in [4.69, 9.17) is 19.6 Å². The first kappa shape index (κ1) is 27.7. The molecular weight excluding hydrogens is 591 g/mol. The Kier molecular flexibility index (Phi) is 6.54. The number of halogens is 1. The highest BCUT2D eigenvalue weighted by atomic mass is 32.1. The number of fused-ring (bicyclic) bond motifs is 8. The van der Waals surface area contributed by atoms with Crippen molar-refractivity contribution >= 4 is 38.2 Å². The van der Waals surface area contributed by atoms with Crippen LogP contribution < -0.4 is 4.74 Å². The normalized spacial score (nSPS) is 18.0. The highest BCUT2D eigenvalue weighted by molar-refractivity contribution is 7.18. The van der Waals surface area contributed by atoms with Gasteiger partial charge in [0.05, 0.1) is 48.4 Å². The lowest BCUT2D eigenvalue weighted by molar-refractivity contribution is -0.130. The lowest BCUT2D eigenvalue weighted by Gasteiger charge is -2.38. The van der Waals surface area contributed by atoms with E-state index in [1.807, 2.05) is 41.0 Å².